The van der Waals surface area contributed by atoms with Crippen molar-refractivity contribution < 1.29 is 4.79 Å². The maximum Gasteiger partial charge on any atom is 0.277 e. The fraction of sp³-hybridized carbons (Fsp3) is 0.250. The van der Waals surface area contributed by atoms with Crippen molar-refractivity contribution in [3.05, 3.63) is 52.2 Å². The lowest BCUT2D eigenvalue weighted by Gasteiger charge is -2.12. The molecule has 0 aliphatic rings. The molecule has 7 nitrogen and oxygen atoms in total. The molecule has 23 heavy (non-hydrogen) atoms. The van der Waals surface area contributed by atoms with Gasteiger partial charge in [-0.15, -0.1) is 0 Å². The number of aromatic nitrogens is 4. The maximum absolute atomic E-state index is 12.2. The van der Waals surface area contributed by atoms with Gasteiger partial charge in [0.15, 0.2) is 5.69 Å². The largest absolute Gasteiger partial charge is 0.328 e. The summed E-state index contributed by atoms with van der Waals surface area (Å²) in [7, 11) is 1.74. The molecule has 1 amide bonds. The van der Waals surface area contributed by atoms with Gasteiger partial charge in [-0.25, -0.2) is 4.98 Å². The van der Waals surface area contributed by atoms with E-state index in [0.717, 1.165) is 5.56 Å². The van der Waals surface area contributed by atoms with E-state index in [0.29, 0.717) is 22.4 Å². The fourth-order valence-corrected chi connectivity index (χ4v) is 2.46. The number of rotatable bonds is 3. The van der Waals surface area contributed by atoms with Crippen molar-refractivity contribution in [2.45, 2.75) is 19.8 Å². The van der Waals surface area contributed by atoms with Gasteiger partial charge in [-0.1, -0.05) is 13.8 Å². The minimum Gasteiger partial charge on any atom is -0.328 e. The highest BCUT2D eigenvalue weighted by molar-refractivity contribution is 6.03. The topological polar surface area (TPSA) is 92.7 Å². The first-order chi connectivity index (χ1) is 11.0. The highest BCUT2D eigenvalue weighted by atomic mass is 16.2. The molecule has 118 valence electrons. The van der Waals surface area contributed by atoms with Gasteiger partial charge >= 0.3 is 0 Å². The Morgan fingerprint density at radius 2 is 2.13 bits per heavy atom. The molecule has 0 aromatic carbocycles. The van der Waals surface area contributed by atoms with Crippen LogP contribution in [0.5, 0.6) is 0 Å². The number of aryl methyl sites for hydroxylation is 1. The van der Waals surface area contributed by atoms with Crippen LogP contribution in [0.1, 0.15) is 35.8 Å². The molecule has 0 atom stereocenters. The highest BCUT2D eigenvalue weighted by Gasteiger charge is 2.15. The number of nitrogens with zero attached hydrogens (tertiary/aromatic N) is 3. The van der Waals surface area contributed by atoms with Gasteiger partial charge in [0.05, 0.1) is 10.9 Å². The molecule has 0 spiro atoms. The zero-order chi connectivity index (χ0) is 16.6. The molecule has 3 aromatic heterocycles. The summed E-state index contributed by atoms with van der Waals surface area (Å²) in [4.78, 5) is 31.3. The quantitative estimate of drug-likeness (QED) is 0.774. The molecule has 3 rings (SSSR count). The number of carbonyl (C=O) groups excluding carboxylic acids is 1. The zero-order valence-corrected chi connectivity index (χ0v) is 13.1. The first kappa shape index (κ1) is 15.0. The van der Waals surface area contributed by atoms with E-state index in [4.69, 9.17) is 0 Å². The van der Waals surface area contributed by atoms with Gasteiger partial charge in [-0.2, -0.15) is 5.10 Å². The van der Waals surface area contributed by atoms with Gasteiger partial charge < -0.3 is 10.3 Å². The number of hydrogen-bond donors (Lipinski definition) is 2. The van der Waals surface area contributed by atoms with Crippen LogP contribution in [0.25, 0.3) is 10.9 Å². The molecular formula is C16H17N5O2. The monoisotopic (exact) mass is 311 g/mol. The lowest BCUT2D eigenvalue weighted by molar-refractivity contribution is 0.102. The number of aromatic amines is 1. The summed E-state index contributed by atoms with van der Waals surface area (Å²) >= 11 is 0. The van der Waals surface area contributed by atoms with Gasteiger partial charge in [-0.05, 0) is 29.7 Å². The van der Waals surface area contributed by atoms with Crippen molar-refractivity contribution in [1.29, 1.82) is 0 Å². The smallest absolute Gasteiger partial charge is 0.277 e. The first-order valence-electron chi connectivity index (χ1n) is 7.29. The fourth-order valence-electron chi connectivity index (χ4n) is 2.46. The van der Waals surface area contributed by atoms with Crippen LogP contribution in [-0.2, 0) is 7.05 Å². The number of carbonyl (C=O) groups is 1. The van der Waals surface area contributed by atoms with E-state index >= 15 is 0 Å². The third kappa shape index (κ3) is 2.85. The van der Waals surface area contributed by atoms with E-state index < -0.39 is 0 Å². The molecule has 3 heterocycles. The van der Waals surface area contributed by atoms with Crippen LogP contribution in [0.15, 0.2) is 35.4 Å². The van der Waals surface area contributed by atoms with Crippen molar-refractivity contribution in [2.75, 3.05) is 5.32 Å². The number of pyridine rings is 2. The molecule has 0 aliphatic carbocycles. The van der Waals surface area contributed by atoms with E-state index in [2.05, 4.69) is 20.4 Å². The predicted molar refractivity (Wildman–Crippen MR) is 87.6 cm³/mol. The van der Waals surface area contributed by atoms with E-state index in [1.165, 1.54) is 0 Å². The number of nitrogens with one attached hydrogen (secondary N) is 2. The molecular weight excluding hydrogens is 294 g/mol. The number of fused-ring (bicyclic) bond motifs is 1. The van der Waals surface area contributed by atoms with Crippen molar-refractivity contribution in [2.24, 2.45) is 7.05 Å². The molecule has 0 saturated heterocycles. The molecule has 2 N–H and O–H groups in total. The molecule has 0 aliphatic heterocycles. The Labute approximate surface area is 132 Å². The first-order valence-corrected chi connectivity index (χ1v) is 7.29. The van der Waals surface area contributed by atoms with Crippen molar-refractivity contribution in [3.63, 3.8) is 0 Å². The number of H-pyrrole nitrogens is 1. The van der Waals surface area contributed by atoms with E-state index in [1.54, 1.807) is 42.3 Å². The van der Waals surface area contributed by atoms with Crippen LogP contribution in [0.2, 0.25) is 0 Å². The van der Waals surface area contributed by atoms with Gasteiger partial charge in [0.25, 0.3) is 11.5 Å². The second-order valence-corrected chi connectivity index (χ2v) is 5.65. The zero-order valence-electron chi connectivity index (χ0n) is 13.1. The number of hydrogen-bond acceptors (Lipinski definition) is 4. The normalized spacial score (nSPS) is 11.1. The average molecular weight is 311 g/mol. The van der Waals surface area contributed by atoms with Crippen LogP contribution >= 0.6 is 0 Å². The second-order valence-electron chi connectivity index (χ2n) is 5.65. The summed E-state index contributed by atoms with van der Waals surface area (Å²) in [6.45, 7) is 3.98. The minimum atomic E-state index is -0.336. The van der Waals surface area contributed by atoms with Crippen molar-refractivity contribution in [3.8, 4) is 0 Å². The molecule has 0 fully saturated rings. The van der Waals surface area contributed by atoms with Crippen molar-refractivity contribution in [1.82, 2.24) is 19.7 Å². The molecule has 0 unspecified atom stereocenters. The summed E-state index contributed by atoms with van der Waals surface area (Å²) in [6, 6.07) is 5.09. The van der Waals surface area contributed by atoms with E-state index in [-0.39, 0.29) is 17.4 Å². The van der Waals surface area contributed by atoms with Gasteiger partial charge in [0.2, 0.25) is 0 Å². The Morgan fingerprint density at radius 1 is 1.35 bits per heavy atom. The van der Waals surface area contributed by atoms with Crippen LogP contribution in [-0.4, -0.2) is 25.7 Å². The third-order valence-corrected chi connectivity index (χ3v) is 3.57. The Kier molecular flexibility index (Phi) is 3.69. The van der Waals surface area contributed by atoms with E-state index in [9.17, 15) is 9.59 Å². The minimum absolute atomic E-state index is 0.120. The molecule has 0 radical (unpaired) electrons. The Bertz CT molecular complexity index is 939. The standard InChI is InChI=1S/C16H17N5O2/c1-9(2)10-8-13(18-11-4-6-17-16(23)14(10)11)19-15(22)12-5-7-21(3)20-12/h4-9H,1-3H3,(H,17,23)(H,18,19,22). The molecule has 0 saturated carbocycles. The third-order valence-electron chi connectivity index (χ3n) is 3.57. The Morgan fingerprint density at radius 3 is 2.78 bits per heavy atom. The van der Waals surface area contributed by atoms with Crippen LogP contribution in [0.3, 0.4) is 0 Å². The number of amides is 1. The van der Waals surface area contributed by atoms with Gasteiger partial charge in [-0.3, -0.25) is 14.3 Å². The summed E-state index contributed by atoms with van der Waals surface area (Å²) in [6.07, 6.45) is 3.24. The van der Waals surface area contributed by atoms with Gasteiger partial charge in [0, 0.05) is 19.4 Å². The van der Waals surface area contributed by atoms with Crippen LogP contribution in [0.4, 0.5) is 5.82 Å². The number of anilines is 1. The summed E-state index contributed by atoms with van der Waals surface area (Å²) in [5.41, 5.74) is 1.53. The SMILES string of the molecule is CC(C)c1cc(NC(=O)c2ccn(C)n2)nc2cc[nH]c(=O)c12. The molecule has 3 aromatic rings. The summed E-state index contributed by atoms with van der Waals surface area (Å²) in [5.74, 6) is 0.189. The highest BCUT2D eigenvalue weighted by Crippen LogP contribution is 2.24. The van der Waals surface area contributed by atoms with Crippen LogP contribution in [0, 0.1) is 0 Å². The molecule has 7 heteroatoms. The maximum atomic E-state index is 12.2. The lowest BCUT2D eigenvalue weighted by atomic mass is 10.00. The van der Waals surface area contributed by atoms with Gasteiger partial charge in [0.1, 0.15) is 5.82 Å². The second kappa shape index (κ2) is 5.68. The molecule has 0 bridgehead atoms. The summed E-state index contributed by atoms with van der Waals surface area (Å²) in [5, 5.41) is 7.36. The Balaban J connectivity index is 2.05. The Hall–Kier alpha value is -2.96. The summed E-state index contributed by atoms with van der Waals surface area (Å²) < 4.78 is 1.56. The lowest BCUT2D eigenvalue weighted by Crippen LogP contribution is -2.16. The van der Waals surface area contributed by atoms with Crippen LogP contribution < -0.4 is 10.9 Å². The van der Waals surface area contributed by atoms with E-state index in [1.807, 2.05) is 13.8 Å². The van der Waals surface area contributed by atoms with Crippen molar-refractivity contribution >= 4 is 22.6 Å². The predicted octanol–water partition coefficient (Wildman–Crippen LogP) is 2.03. The average Bonchev–Trinajstić information content (AvgIpc) is 2.93.